The largest absolute Gasteiger partial charge is 0.481 e. The molecule has 5 heteroatoms. The second kappa shape index (κ2) is 5.38. The van der Waals surface area contributed by atoms with Crippen molar-refractivity contribution in [2.45, 2.75) is 26.4 Å². The number of hydrogen-bond acceptors (Lipinski definition) is 3. The molecule has 0 aliphatic rings. The highest BCUT2D eigenvalue weighted by atomic mass is 16.6. The van der Waals surface area contributed by atoms with Crippen LogP contribution < -0.4 is 5.32 Å². The van der Waals surface area contributed by atoms with Gasteiger partial charge in [0.05, 0.1) is 5.92 Å². The second-order valence-electron chi connectivity index (χ2n) is 4.06. The van der Waals surface area contributed by atoms with Crippen LogP contribution in [0.15, 0.2) is 12.7 Å². The minimum Gasteiger partial charge on any atom is -0.481 e. The van der Waals surface area contributed by atoms with E-state index < -0.39 is 23.6 Å². The van der Waals surface area contributed by atoms with Gasteiger partial charge in [-0.05, 0) is 20.8 Å². The summed E-state index contributed by atoms with van der Waals surface area (Å²) in [5, 5.41) is 11.0. The fourth-order valence-electron chi connectivity index (χ4n) is 0.779. The summed E-state index contributed by atoms with van der Waals surface area (Å²) in [4.78, 5) is 21.7. The average Bonchev–Trinajstić information content (AvgIpc) is 2.01. The normalized spacial score (nSPS) is 12.7. The molecule has 0 saturated carbocycles. The number of ether oxygens (including phenoxy) is 1. The summed E-state index contributed by atoms with van der Waals surface area (Å²) >= 11 is 0. The van der Waals surface area contributed by atoms with E-state index in [0.29, 0.717) is 0 Å². The third-order valence-corrected chi connectivity index (χ3v) is 1.47. The molecule has 5 nitrogen and oxygen atoms in total. The lowest BCUT2D eigenvalue weighted by atomic mass is 10.1. The number of alkyl carbamates (subject to hydrolysis) is 1. The summed E-state index contributed by atoms with van der Waals surface area (Å²) in [6.07, 6.45) is 0.635. The minimum atomic E-state index is -1.03. The Morgan fingerprint density at radius 1 is 1.53 bits per heavy atom. The first kappa shape index (κ1) is 13.5. The summed E-state index contributed by atoms with van der Waals surface area (Å²) < 4.78 is 4.94. The van der Waals surface area contributed by atoms with Gasteiger partial charge in [-0.1, -0.05) is 6.08 Å². The molecule has 15 heavy (non-hydrogen) atoms. The van der Waals surface area contributed by atoms with Crippen LogP contribution in [0.5, 0.6) is 0 Å². The van der Waals surface area contributed by atoms with Crippen molar-refractivity contribution >= 4 is 12.1 Å². The summed E-state index contributed by atoms with van der Waals surface area (Å²) in [7, 11) is 0. The lowest BCUT2D eigenvalue weighted by Gasteiger charge is -2.20. The van der Waals surface area contributed by atoms with Crippen molar-refractivity contribution in [3.63, 3.8) is 0 Å². The molecule has 0 bridgehead atoms. The van der Waals surface area contributed by atoms with E-state index in [4.69, 9.17) is 9.84 Å². The van der Waals surface area contributed by atoms with Crippen LogP contribution in [0.4, 0.5) is 4.79 Å². The van der Waals surface area contributed by atoms with E-state index in [9.17, 15) is 9.59 Å². The maximum atomic E-state index is 11.1. The van der Waals surface area contributed by atoms with E-state index in [2.05, 4.69) is 11.9 Å². The van der Waals surface area contributed by atoms with Gasteiger partial charge in [0, 0.05) is 6.54 Å². The quantitative estimate of drug-likeness (QED) is 0.695. The SMILES string of the molecule is C=C[C@@H](CNC(=O)OC(C)(C)C)C(=O)O. The van der Waals surface area contributed by atoms with Crippen LogP contribution in [0, 0.1) is 5.92 Å². The molecule has 2 N–H and O–H groups in total. The number of rotatable bonds is 4. The lowest BCUT2D eigenvalue weighted by Crippen LogP contribution is -2.36. The number of aliphatic carboxylic acids is 1. The Morgan fingerprint density at radius 3 is 2.40 bits per heavy atom. The molecule has 1 amide bonds. The van der Waals surface area contributed by atoms with E-state index >= 15 is 0 Å². The van der Waals surface area contributed by atoms with Crippen LogP contribution in [0.2, 0.25) is 0 Å². The molecule has 0 unspecified atom stereocenters. The van der Waals surface area contributed by atoms with Crippen molar-refractivity contribution in [3.05, 3.63) is 12.7 Å². The molecule has 0 spiro atoms. The van der Waals surface area contributed by atoms with Crippen molar-refractivity contribution in [1.82, 2.24) is 5.32 Å². The molecule has 0 fully saturated rings. The maximum Gasteiger partial charge on any atom is 0.407 e. The molecule has 86 valence electrons. The standard InChI is InChI=1S/C10H17NO4/c1-5-7(8(12)13)6-11-9(14)15-10(2,3)4/h5,7H,1,6H2,2-4H3,(H,11,14)(H,12,13)/t7-/m0/s1. The van der Waals surface area contributed by atoms with E-state index in [1.54, 1.807) is 20.8 Å². The van der Waals surface area contributed by atoms with Crippen LogP contribution in [0.25, 0.3) is 0 Å². The fourth-order valence-corrected chi connectivity index (χ4v) is 0.779. The minimum absolute atomic E-state index is 0.0201. The van der Waals surface area contributed by atoms with Crippen molar-refractivity contribution in [3.8, 4) is 0 Å². The summed E-state index contributed by atoms with van der Waals surface area (Å²) in [5.41, 5.74) is -0.586. The van der Waals surface area contributed by atoms with Gasteiger partial charge in [0.2, 0.25) is 0 Å². The topological polar surface area (TPSA) is 75.6 Å². The van der Waals surface area contributed by atoms with Gasteiger partial charge in [-0.2, -0.15) is 0 Å². The van der Waals surface area contributed by atoms with Crippen LogP contribution in [0.1, 0.15) is 20.8 Å². The van der Waals surface area contributed by atoms with E-state index in [1.165, 1.54) is 6.08 Å². The zero-order valence-corrected chi connectivity index (χ0v) is 9.24. The number of amides is 1. The lowest BCUT2D eigenvalue weighted by molar-refractivity contribution is -0.139. The van der Waals surface area contributed by atoms with Gasteiger partial charge in [-0.15, -0.1) is 6.58 Å². The molecule has 0 aliphatic carbocycles. The van der Waals surface area contributed by atoms with Crippen LogP contribution >= 0.6 is 0 Å². The summed E-state index contributed by atoms with van der Waals surface area (Å²) in [6, 6.07) is 0. The number of carbonyl (C=O) groups is 2. The molecule has 0 aromatic carbocycles. The van der Waals surface area contributed by atoms with E-state index in [0.717, 1.165) is 0 Å². The average molecular weight is 215 g/mol. The van der Waals surface area contributed by atoms with Crippen molar-refractivity contribution in [2.24, 2.45) is 5.92 Å². The van der Waals surface area contributed by atoms with Gasteiger partial charge in [0.15, 0.2) is 0 Å². The van der Waals surface area contributed by atoms with Crippen molar-refractivity contribution in [2.75, 3.05) is 6.54 Å². The van der Waals surface area contributed by atoms with E-state index in [-0.39, 0.29) is 6.54 Å². The Hall–Kier alpha value is -1.52. The Morgan fingerprint density at radius 2 is 2.07 bits per heavy atom. The summed E-state index contributed by atoms with van der Waals surface area (Å²) in [6.45, 7) is 8.53. The van der Waals surface area contributed by atoms with Crippen LogP contribution in [-0.4, -0.2) is 29.3 Å². The first-order valence-electron chi connectivity index (χ1n) is 4.58. The highest BCUT2D eigenvalue weighted by Crippen LogP contribution is 2.06. The molecule has 1 atom stereocenters. The van der Waals surface area contributed by atoms with Gasteiger partial charge in [0.25, 0.3) is 0 Å². The zero-order chi connectivity index (χ0) is 12.1. The van der Waals surface area contributed by atoms with Crippen molar-refractivity contribution in [1.29, 1.82) is 0 Å². The van der Waals surface area contributed by atoms with Gasteiger partial charge in [-0.25, -0.2) is 4.79 Å². The van der Waals surface area contributed by atoms with Gasteiger partial charge < -0.3 is 15.2 Å². The molecule has 0 radical (unpaired) electrons. The molecule has 0 aromatic rings. The number of nitrogens with one attached hydrogen (secondary N) is 1. The number of carboxylic acid groups (broad SMARTS) is 1. The molecular formula is C10H17NO4. The van der Waals surface area contributed by atoms with Gasteiger partial charge in [-0.3, -0.25) is 4.79 Å². The first-order chi connectivity index (χ1) is 6.76. The number of carboxylic acids is 1. The van der Waals surface area contributed by atoms with Gasteiger partial charge >= 0.3 is 12.1 Å². The third-order valence-electron chi connectivity index (χ3n) is 1.47. The Balaban J connectivity index is 4.00. The molecular weight excluding hydrogens is 198 g/mol. The highest BCUT2D eigenvalue weighted by Gasteiger charge is 2.18. The highest BCUT2D eigenvalue weighted by molar-refractivity contribution is 5.74. The predicted molar refractivity (Wildman–Crippen MR) is 55.6 cm³/mol. The Kier molecular flexibility index (Phi) is 4.84. The second-order valence-corrected chi connectivity index (χ2v) is 4.06. The molecule has 0 saturated heterocycles. The van der Waals surface area contributed by atoms with Crippen molar-refractivity contribution < 1.29 is 19.4 Å². The smallest absolute Gasteiger partial charge is 0.407 e. The monoisotopic (exact) mass is 215 g/mol. The summed E-state index contributed by atoms with van der Waals surface area (Å²) in [5.74, 6) is -1.82. The number of hydrogen-bond donors (Lipinski definition) is 2. The van der Waals surface area contributed by atoms with Crippen LogP contribution in [-0.2, 0) is 9.53 Å². The molecule has 0 aliphatic heterocycles. The molecule has 0 aromatic heterocycles. The first-order valence-corrected chi connectivity index (χ1v) is 4.58. The predicted octanol–water partition coefficient (Wildman–Crippen LogP) is 1.40. The Labute approximate surface area is 89.1 Å². The molecule has 0 heterocycles. The van der Waals surface area contributed by atoms with Crippen LogP contribution in [0.3, 0.4) is 0 Å². The maximum absolute atomic E-state index is 11.1. The fraction of sp³-hybridized carbons (Fsp3) is 0.600. The third kappa shape index (κ3) is 6.54. The number of carbonyl (C=O) groups excluding carboxylic acids is 1. The zero-order valence-electron chi connectivity index (χ0n) is 9.24. The Bertz CT molecular complexity index is 255. The van der Waals surface area contributed by atoms with E-state index in [1.807, 2.05) is 0 Å². The van der Waals surface area contributed by atoms with Gasteiger partial charge in [0.1, 0.15) is 5.60 Å². The molecule has 0 rings (SSSR count).